The zero-order valence-corrected chi connectivity index (χ0v) is 11.1. The quantitative estimate of drug-likeness (QED) is 0.917. The van der Waals surface area contributed by atoms with Gasteiger partial charge in [-0.15, -0.1) is 24.8 Å². The van der Waals surface area contributed by atoms with Crippen LogP contribution < -0.4 is 5.32 Å². The van der Waals surface area contributed by atoms with Crippen LogP contribution in [-0.4, -0.2) is 42.7 Å². The van der Waals surface area contributed by atoms with E-state index in [1.165, 1.54) is 0 Å². The Labute approximate surface area is 114 Å². The topological polar surface area (TPSA) is 28.2 Å². The normalized spacial score (nSPS) is 17.7. The van der Waals surface area contributed by atoms with Gasteiger partial charge in [0, 0.05) is 32.4 Å². The summed E-state index contributed by atoms with van der Waals surface area (Å²) in [6, 6.07) is 5.49. The zero-order valence-electron chi connectivity index (χ0n) is 9.51. The number of alkyl halides is 1. The summed E-state index contributed by atoms with van der Waals surface area (Å²) in [6.07, 6.45) is 1.72. The van der Waals surface area contributed by atoms with Crippen molar-refractivity contribution < 1.29 is 4.39 Å². The number of aromatic nitrogens is 1. The summed E-state index contributed by atoms with van der Waals surface area (Å²) in [6.45, 7) is 3.29. The van der Waals surface area contributed by atoms with Crippen LogP contribution in [-0.2, 0) is 0 Å². The van der Waals surface area contributed by atoms with Crippen LogP contribution in [0.25, 0.3) is 0 Å². The fourth-order valence-electron chi connectivity index (χ4n) is 1.93. The zero-order chi connectivity index (χ0) is 10.5. The molecule has 1 atom stereocenters. The van der Waals surface area contributed by atoms with E-state index in [0.29, 0.717) is 0 Å². The first-order valence-corrected chi connectivity index (χ1v) is 5.33. The highest BCUT2D eigenvalue weighted by molar-refractivity contribution is 5.85. The van der Waals surface area contributed by atoms with Crippen molar-refractivity contribution in [1.82, 2.24) is 15.2 Å². The average molecular weight is 282 g/mol. The van der Waals surface area contributed by atoms with Crippen molar-refractivity contribution in [2.24, 2.45) is 0 Å². The summed E-state index contributed by atoms with van der Waals surface area (Å²) in [4.78, 5) is 6.37. The molecule has 0 spiro atoms. The number of nitrogens with one attached hydrogen (secondary N) is 1. The minimum atomic E-state index is -0.364. The summed E-state index contributed by atoms with van der Waals surface area (Å²) >= 11 is 0. The van der Waals surface area contributed by atoms with Crippen LogP contribution in [0.3, 0.4) is 0 Å². The van der Waals surface area contributed by atoms with Crippen molar-refractivity contribution in [3.63, 3.8) is 0 Å². The van der Waals surface area contributed by atoms with Gasteiger partial charge in [-0.2, -0.15) is 0 Å². The van der Waals surface area contributed by atoms with Crippen molar-refractivity contribution in [3.05, 3.63) is 30.1 Å². The summed E-state index contributed by atoms with van der Waals surface area (Å²) in [5, 5.41) is 3.26. The summed E-state index contributed by atoms with van der Waals surface area (Å²) in [7, 11) is 0. The molecule has 0 radical (unpaired) electrons. The molecule has 0 aromatic carbocycles. The first kappa shape index (κ1) is 16.6. The Morgan fingerprint density at radius 1 is 1.29 bits per heavy atom. The molecule has 1 aliphatic heterocycles. The van der Waals surface area contributed by atoms with Crippen LogP contribution in [0.5, 0.6) is 0 Å². The number of pyridine rings is 1. The third-order valence-corrected chi connectivity index (χ3v) is 2.77. The van der Waals surface area contributed by atoms with Gasteiger partial charge in [0.2, 0.25) is 0 Å². The SMILES string of the molecule is Cl.Cl.FC[C@H](c1ccccn1)N1CCNCC1. The minimum absolute atomic E-state index is 0. The number of nitrogens with zero attached hydrogens (tertiary/aromatic N) is 2. The predicted molar refractivity (Wildman–Crippen MR) is 71.9 cm³/mol. The fraction of sp³-hybridized carbons (Fsp3) is 0.545. The predicted octanol–water partition coefficient (Wildman–Crippen LogP) is 1.84. The molecule has 0 amide bonds. The number of hydrogen-bond donors (Lipinski definition) is 1. The molecule has 0 bridgehead atoms. The second kappa shape index (κ2) is 8.64. The van der Waals surface area contributed by atoms with Crippen LogP contribution in [0.2, 0.25) is 0 Å². The maximum atomic E-state index is 13.0. The van der Waals surface area contributed by atoms with E-state index in [9.17, 15) is 4.39 Å². The van der Waals surface area contributed by atoms with Crippen molar-refractivity contribution >= 4 is 24.8 Å². The van der Waals surface area contributed by atoms with E-state index >= 15 is 0 Å². The molecule has 1 N–H and O–H groups in total. The van der Waals surface area contributed by atoms with E-state index in [1.807, 2.05) is 18.2 Å². The average Bonchev–Trinajstić information content (AvgIpc) is 2.33. The van der Waals surface area contributed by atoms with Crippen molar-refractivity contribution in [2.45, 2.75) is 6.04 Å². The molecular formula is C11H18Cl2FN3. The van der Waals surface area contributed by atoms with Gasteiger partial charge in [-0.1, -0.05) is 6.07 Å². The highest BCUT2D eigenvalue weighted by Crippen LogP contribution is 2.19. The van der Waals surface area contributed by atoms with Crippen molar-refractivity contribution in [1.29, 1.82) is 0 Å². The second-order valence-corrected chi connectivity index (χ2v) is 3.71. The lowest BCUT2D eigenvalue weighted by Gasteiger charge is -2.32. The molecule has 1 aromatic rings. The molecule has 1 saturated heterocycles. The molecule has 0 unspecified atom stereocenters. The second-order valence-electron chi connectivity index (χ2n) is 3.71. The molecule has 3 nitrogen and oxygen atoms in total. The summed E-state index contributed by atoms with van der Waals surface area (Å²) < 4.78 is 13.0. The standard InChI is InChI=1S/C11H16FN3.2ClH/c12-9-11(10-3-1-2-4-14-10)15-7-5-13-6-8-15;;/h1-4,11,13H,5-9H2;2*1H/t11-;;/m1../s1. The Hall–Kier alpha value is -0.420. The Morgan fingerprint density at radius 2 is 2.00 bits per heavy atom. The lowest BCUT2D eigenvalue weighted by molar-refractivity contribution is 0.144. The number of rotatable bonds is 3. The molecule has 6 heteroatoms. The number of piperazine rings is 1. The monoisotopic (exact) mass is 281 g/mol. The largest absolute Gasteiger partial charge is 0.314 e. The van der Waals surface area contributed by atoms with Crippen LogP contribution in [0, 0.1) is 0 Å². The molecular weight excluding hydrogens is 264 g/mol. The van der Waals surface area contributed by atoms with Crippen LogP contribution in [0.4, 0.5) is 4.39 Å². The van der Waals surface area contributed by atoms with E-state index in [2.05, 4.69) is 15.2 Å². The van der Waals surface area contributed by atoms with Gasteiger partial charge in [-0.05, 0) is 12.1 Å². The molecule has 1 fully saturated rings. The summed E-state index contributed by atoms with van der Waals surface area (Å²) in [5.74, 6) is 0. The fourth-order valence-corrected chi connectivity index (χ4v) is 1.93. The molecule has 1 aromatic heterocycles. The van der Waals surface area contributed by atoms with Gasteiger partial charge in [-0.25, -0.2) is 4.39 Å². The maximum absolute atomic E-state index is 13.0. The Bertz CT molecular complexity index is 294. The van der Waals surface area contributed by atoms with E-state index in [4.69, 9.17) is 0 Å². The molecule has 98 valence electrons. The molecule has 2 heterocycles. The maximum Gasteiger partial charge on any atom is 0.111 e. The van der Waals surface area contributed by atoms with E-state index < -0.39 is 0 Å². The number of halogens is 3. The first-order valence-electron chi connectivity index (χ1n) is 5.33. The Balaban J connectivity index is 0.00000128. The lowest BCUT2D eigenvalue weighted by Crippen LogP contribution is -2.45. The highest BCUT2D eigenvalue weighted by atomic mass is 35.5. The van der Waals surface area contributed by atoms with Gasteiger partial charge in [0.05, 0.1) is 11.7 Å². The molecule has 2 rings (SSSR count). The number of hydrogen-bond acceptors (Lipinski definition) is 3. The van der Waals surface area contributed by atoms with Crippen LogP contribution >= 0.6 is 24.8 Å². The van der Waals surface area contributed by atoms with Crippen molar-refractivity contribution in [2.75, 3.05) is 32.9 Å². The molecule has 17 heavy (non-hydrogen) atoms. The first-order chi connectivity index (χ1) is 7.42. The lowest BCUT2D eigenvalue weighted by atomic mass is 10.1. The van der Waals surface area contributed by atoms with Gasteiger partial charge in [-0.3, -0.25) is 9.88 Å². The van der Waals surface area contributed by atoms with Crippen LogP contribution in [0.1, 0.15) is 11.7 Å². The van der Waals surface area contributed by atoms with E-state index in [-0.39, 0.29) is 37.5 Å². The Kier molecular flexibility index (Phi) is 8.43. The third-order valence-electron chi connectivity index (χ3n) is 2.77. The van der Waals surface area contributed by atoms with Gasteiger partial charge in [0.1, 0.15) is 6.67 Å². The van der Waals surface area contributed by atoms with E-state index in [1.54, 1.807) is 6.20 Å². The van der Waals surface area contributed by atoms with Gasteiger partial charge < -0.3 is 5.32 Å². The van der Waals surface area contributed by atoms with Gasteiger partial charge in [0.25, 0.3) is 0 Å². The highest BCUT2D eigenvalue weighted by Gasteiger charge is 2.22. The minimum Gasteiger partial charge on any atom is -0.314 e. The Morgan fingerprint density at radius 3 is 2.53 bits per heavy atom. The molecule has 0 saturated carbocycles. The molecule has 1 aliphatic rings. The van der Waals surface area contributed by atoms with E-state index in [0.717, 1.165) is 31.9 Å². The summed E-state index contributed by atoms with van der Waals surface area (Å²) in [5.41, 5.74) is 0.835. The van der Waals surface area contributed by atoms with Crippen molar-refractivity contribution in [3.8, 4) is 0 Å². The van der Waals surface area contributed by atoms with Crippen LogP contribution in [0.15, 0.2) is 24.4 Å². The smallest absolute Gasteiger partial charge is 0.111 e. The third kappa shape index (κ3) is 4.39. The van der Waals surface area contributed by atoms with Gasteiger partial charge >= 0.3 is 0 Å². The van der Waals surface area contributed by atoms with Gasteiger partial charge in [0.15, 0.2) is 0 Å². The molecule has 0 aliphatic carbocycles.